The molecule has 2 heterocycles. The Morgan fingerprint density at radius 2 is 1.64 bits per heavy atom. The number of fused-ring (bicyclic) bond motifs is 5. The van der Waals surface area contributed by atoms with Gasteiger partial charge in [-0.25, -0.2) is 4.79 Å². The molecule has 3 aliphatic rings. The SMILES string of the molecule is Cc1cc(C2(O)CC3CCCC(C2)N3C(=O)OCC2c3ccccc3-c3ccccc32)ccc1C#N. The van der Waals surface area contributed by atoms with Gasteiger partial charge in [0.1, 0.15) is 6.61 Å². The van der Waals surface area contributed by atoms with E-state index in [4.69, 9.17) is 4.74 Å². The molecule has 2 saturated heterocycles. The van der Waals surface area contributed by atoms with Crippen molar-refractivity contribution in [2.45, 2.75) is 62.6 Å². The maximum atomic E-state index is 13.5. The molecule has 2 bridgehead atoms. The summed E-state index contributed by atoms with van der Waals surface area (Å²) < 4.78 is 6.01. The van der Waals surface area contributed by atoms with Gasteiger partial charge in [-0.05, 0) is 65.6 Å². The molecule has 1 N–H and O–H groups in total. The molecule has 1 amide bonds. The number of nitriles is 1. The van der Waals surface area contributed by atoms with E-state index in [0.717, 1.165) is 30.4 Å². The standard InChI is InChI=1S/C31H30N2O3/c1-20-15-22(14-13-21(20)18-32)31(35)16-23-7-6-8-24(17-31)33(23)30(34)36-19-29-27-11-4-2-9-25(27)26-10-3-5-12-28(26)29/h2-5,9-15,23-24,29,35H,6-8,16-17,19H2,1H3. The van der Waals surface area contributed by atoms with Crippen LogP contribution in [0.4, 0.5) is 4.79 Å². The van der Waals surface area contributed by atoms with Gasteiger partial charge in [-0.1, -0.05) is 60.7 Å². The van der Waals surface area contributed by atoms with Crippen LogP contribution in [-0.2, 0) is 10.3 Å². The Balaban J connectivity index is 1.20. The molecule has 36 heavy (non-hydrogen) atoms. The summed E-state index contributed by atoms with van der Waals surface area (Å²) in [6, 6.07) is 24.4. The molecular weight excluding hydrogens is 448 g/mol. The van der Waals surface area contributed by atoms with Crippen LogP contribution in [0.25, 0.3) is 11.1 Å². The van der Waals surface area contributed by atoms with E-state index < -0.39 is 5.60 Å². The van der Waals surface area contributed by atoms with Crippen molar-refractivity contribution in [2.75, 3.05) is 6.61 Å². The third-order valence-corrected chi connectivity index (χ3v) is 8.44. The predicted molar refractivity (Wildman–Crippen MR) is 137 cm³/mol. The van der Waals surface area contributed by atoms with Gasteiger partial charge >= 0.3 is 6.09 Å². The van der Waals surface area contributed by atoms with Crippen molar-refractivity contribution in [3.05, 3.63) is 94.5 Å². The molecule has 3 aromatic carbocycles. The zero-order valence-electron chi connectivity index (χ0n) is 20.5. The molecule has 5 heteroatoms. The highest BCUT2D eigenvalue weighted by molar-refractivity contribution is 5.79. The number of aliphatic hydroxyl groups is 1. The van der Waals surface area contributed by atoms with Gasteiger partial charge in [-0.15, -0.1) is 0 Å². The first-order valence-corrected chi connectivity index (χ1v) is 12.9. The van der Waals surface area contributed by atoms with Gasteiger partial charge in [0.25, 0.3) is 0 Å². The van der Waals surface area contributed by atoms with Crippen LogP contribution in [0.2, 0.25) is 0 Å². The Hall–Kier alpha value is -3.62. The van der Waals surface area contributed by atoms with E-state index in [1.54, 1.807) is 6.07 Å². The van der Waals surface area contributed by atoms with Crippen LogP contribution in [0, 0.1) is 18.3 Å². The second-order valence-corrected chi connectivity index (χ2v) is 10.5. The van der Waals surface area contributed by atoms with Crippen LogP contribution in [0.3, 0.4) is 0 Å². The van der Waals surface area contributed by atoms with E-state index in [2.05, 4.69) is 42.5 Å². The molecule has 3 aromatic rings. The van der Waals surface area contributed by atoms with E-state index in [1.165, 1.54) is 22.3 Å². The number of hydrogen-bond donors (Lipinski definition) is 1. The molecule has 0 radical (unpaired) electrons. The fourth-order valence-corrected chi connectivity index (χ4v) is 6.71. The van der Waals surface area contributed by atoms with Crippen molar-refractivity contribution in [1.82, 2.24) is 4.90 Å². The smallest absolute Gasteiger partial charge is 0.410 e. The molecule has 0 aromatic heterocycles. The third-order valence-electron chi connectivity index (χ3n) is 8.44. The highest BCUT2D eigenvalue weighted by atomic mass is 16.6. The summed E-state index contributed by atoms with van der Waals surface area (Å²) >= 11 is 0. The summed E-state index contributed by atoms with van der Waals surface area (Å²) in [5.74, 6) is 0.0320. The maximum absolute atomic E-state index is 13.5. The average molecular weight is 479 g/mol. The first kappa shape index (κ1) is 22.8. The molecule has 2 unspecified atom stereocenters. The van der Waals surface area contributed by atoms with Gasteiger partial charge in [0.2, 0.25) is 0 Å². The van der Waals surface area contributed by atoms with Crippen LogP contribution in [-0.4, -0.2) is 34.8 Å². The van der Waals surface area contributed by atoms with E-state index in [-0.39, 0.29) is 24.1 Å². The number of amides is 1. The number of benzene rings is 3. The summed E-state index contributed by atoms with van der Waals surface area (Å²) in [6.07, 6.45) is 3.46. The van der Waals surface area contributed by atoms with Crippen LogP contribution in [0.1, 0.15) is 65.8 Å². The first-order chi connectivity index (χ1) is 17.5. The molecule has 182 valence electrons. The minimum absolute atomic E-state index is 0.0320. The first-order valence-electron chi connectivity index (χ1n) is 12.9. The van der Waals surface area contributed by atoms with Gasteiger partial charge in [-0.3, -0.25) is 0 Å². The van der Waals surface area contributed by atoms with Crippen LogP contribution in [0.5, 0.6) is 0 Å². The van der Waals surface area contributed by atoms with Crippen LogP contribution < -0.4 is 0 Å². The number of carbonyl (C=O) groups is 1. The lowest BCUT2D eigenvalue weighted by atomic mass is 9.72. The molecule has 1 aliphatic carbocycles. The largest absolute Gasteiger partial charge is 0.448 e. The van der Waals surface area contributed by atoms with Crippen molar-refractivity contribution in [1.29, 1.82) is 5.26 Å². The summed E-state index contributed by atoms with van der Waals surface area (Å²) in [4.78, 5) is 15.4. The zero-order chi connectivity index (χ0) is 24.9. The summed E-state index contributed by atoms with van der Waals surface area (Å²) in [5.41, 5.74) is 6.16. The summed E-state index contributed by atoms with van der Waals surface area (Å²) in [6.45, 7) is 2.21. The van der Waals surface area contributed by atoms with Gasteiger partial charge in [-0.2, -0.15) is 5.26 Å². The fraction of sp³-hybridized carbons (Fsp3) is 0.355. The molecule has 0 spiro atoms. The highest BCUT2D eigenvalue weighted by Crippen LogP contribution is 2.46. The Labute approximate surface area is 211 Å². The molecule has 2 fully saturated rings. The number of ether oxygens (including phenoxy) is 1. The number of nitrogens with zero attached hydrogens (tertiary/aromatic N) is 2. The third kappa shape index (κ3) is 3.68. The normalized spacial score (nSPS) is 24.5. The molecule has 2 aliphatic heterocycles. The van der Waals surface area contributed by atoms with E-state index in [0.29, 0.717) is 25.0 Å². The van der Waals surface area contributed by atoms with Crippen molar-refractivity contribution in [2.24, 2.45) is 0 Å². The fourth-order valence-electron chi connectivity index (χ4n) is 6.71. The highest BCUT2D eigenvalue weighted by Gasteiger charge is 2.49. The summed E-state index contributed by atoms with van der Waals surface area (Å²) in [7, 11) is 0. The number of rotatable bonds is 3. The number of aryl methyl sites for hydroxylation is 1. The van der Waals surface area contributed by atoms with E-state index in [9.17, 15) is 15.2 Å². The number of hydrogen-bond acceptors (Lipinski definition) is 4. The molecule has 6 rings (SSSR count). The van der Waals surface area contributed by atoms with Crippen molar-refractivity contribution < 1.29 is 14.6 Å². The monoisotopic (exact) mass is 478 g/mol. The lowest BCUT2D eigenvalue weighted by Crippen LogP contribution is -2.59. The predicted octanol–water partition coefficient (Wildman–Crippen LogP) is 6.02. The zero-order valence-corrected chi connectivity index (χ0v) is 20.5. The quantitative estimate of drug-likeness (QED) is 0.500. The van der Waals surface area contributed by atoms with Crippen LogP contribution in [0.15, 0.2) is 66.7 Å². The second-order valence-electron chi connectivity index (χ2n) is 10.5. The van der Waals surface area contributed by atoms with E-state index in [1.807, 2.05) is 36.1 Å². The minimum Gasteiger partial charge on any atom is -0.448 e. The van der Waals surface area contributed by atoms with Crippen molar-refractivity contribution in [3.63, 3.8) is 0 Å². The Kier molecular flexibility index (Phi) is 5.58. The van der Waals surface area contributed by atoms with Crippen molar-refractivity contribution >= 4 is 6.09 Å². The average Bonchev–Trinajstić information content (AvgIpc) is 3.20. The topological polar surface area (TPSA) is 73.6 Å². The van der Waals surface area contributed by atoms with Gasteiger partial charge in [0.05, 0.1) is 17.2 Å². The Morgan fingerprint density at radius 1 is 1.03 bits per heavy atom. The minimum atomic E-state index is -1.01. The molecule has 5 nitrogen and oxygen atoms in total. The molecule has 0 saturated carbocycles. The lowest BCUT2D eigenvalue weighted by Gasteiger charge is -2.51. The van der Waals surface area contributed by atoms with Crippen molar-refractivity contribution in [3.8, 4) is 17.2 Å². The lowest BCUT2D eigenvalue weighted by molar-refractivity contribution is -0.0891. The Morgan fingerprint density at radius 3 is 2.22 bits per heavy atom. The Bertz CT molecular complexity index is 1310. The van der Waals surface area contributed by atoms with Gasteiger partial charge in [0, 0.05) is 30.8 Å². The maximum Gasteiger partial charge on any atom is 0.410 e. The second kappa shape index (κ2) is 8.80. The molecular formula is C31H30N2O3. The van der Waals surface area contributed by atoms with Crippen LogP contribution >= 0.6 is 0 Å². The van der Waals surface area contributed by atoms with Gasteiger partial charge in [0.15, 0.2) is 0 Å². The molecule has 2 atom stereocenters. The van der Waals surface area contributed by atoms with E-state index >= 15 is 0 Å². The number of piperidine rings is 2. The van der Waals surface area contributed by atoms with Gasteiger partial charge < -0.3 is 14.7 Å². The number of carbonyl (C=O) groups excluding carboxylic acids is 1. The summed E-state index contributed by atoms with van der Waals surface area (Å²) in [5, 5.41) is 21.0.